The Balaban J connectivity index is 2.18. The first kappa shape index (κ1) is 21.0. The van der Waals surface area contributed by atoms with Gasteiger partial charge in [-0.25, -0.2) is 13.2 Å². The number of halogens is 3. The third-order valence-corrected chi connectivity index (χ3v) is 5.41. The first-order valence-electron chi connectivity index (χ1n) is 9.26. The van der Waals surface area contributed by atoms with Crippen molar-refractivity contribution in [1.29, 1.82) is 0 Å². The van der Waals surface area contributed by atoms with Crippen LogP contribution in [0.3, 0.4) is 0 Å². The van der Waals surface area contributed by atoms with E-state index in [1.807, 2.05) is 18.2 Å². The molecule has 0 saturated heterocycles. The Morgan fingerprint density at radius 2 is 1.58 bits per heavy atom. The van der Waals surface area contributed by atoms with Gasteiger partial charge in [0.2, 0.25) is 0 Å². The molecule has 146 valence electrons. The average Bonchev–Trinajstić information content (AvgIpc) is 2.57. The summed E-state index contributed by atoms with van der Waals surface area (Å²) in [7, 11) is 0. The van der Waals surface area contributed by atoms with Crippen molar-refractivity contribution in [3.8, 4) is 0 Å². The van der Waals surface area contributed by atoms with Crippen LogP contribution in [0.15, 0.2) is 18.2 Å². The molecule has 0 aliphatic heterocycles. The number of alkyl halides is 3. The molecular weight excluding hydrogens is 357 g/mol. The zero-order chi connectivity index (χ0) is 19.6. The molecule has 26 heavy (non-hydrogen) atoms. The molecule has 1 aromatic carbocycles. The van der Waals surface area contributed by atoms with Gasteiger partial charge in [-0.05, 0) is 35.2 Å². The highest BCUT2D eigenvalue weighted by Gasteiger charge is 2.44. The van der Waals surface area contributed by atoms with Gasteiger partial charge in [0.1, 0.15) is 12.3 Å². The molecule has 2 N–H and O–H groups in total. The molecule has 0 spiro atoms. The highest BCUT2D eigenvalue weighted by atomic mass is 32.1. The van der Waals surface area contributed by atoms with E-state index in [-0.39, 0.29) is 6.42 Å². The molecule has 2 nitrogen and oxygen atoms in total. The number of thiocarbonyl (C=S) groups is 1. The maximum atomic E-state index is 14.0. The van der Waals surface area contributed by atoms with Crippen molar-refractivity contribution < 1.29 is 13.2 Å². The molecule has 1 aromatic rings. The van der Waals surface area contributed by atoms with Gasteiger partial charge in [-0.15, -0.1) is 0 Å². The minimum Gasteiger partial charge on any atom is -0.359 e. The van der Waals surface area contributed by atoms with E-state index in [9.17, 15) is 13.2 Å². The molecule has 6 heteroatoms. The van der Waals surface area contributed by atoms with Crippen molar-refractivity contribution in [1.82, 2.24) is 5.32 Å². The van der Waals surface area contributed by atoms with E-state index in [4.69, 9.17) is 12.2 Å². The van der Waals surface area contributed by atoms with E-state index in [0.717, 1.165) is 16.8 Å². The van der Waals surface area contributed by atoms with E-state index < -0.39 is 30.5 Å². The van der Waals surface area contributed by atoms with Crippen LogP contribution in [0, 0.1) is 5.92 Å². The van der Waals surface area contributed by atoms with E-state index in [1.54, 1.807) is 6.92 Å². The van der Waals surface area contributed by atoms with Crippen LogP contribution in [-0.2, 0) is 0 Å². The summed E-state index contributed by atoms with van der Waals surface area (Å²) in [6.45, 7) is 10.0. The summed E-state index contributed by atoms with van der Waals surface area (Å²) in [6, 6.07) is 5.58. The summed E-state index contributed by atoms with van der Waals surface area (Å²) < 4.78 is 41.3. The second-order valence-corrected chi connectivity index (χ2v) is 8.23. The fourth-order valence-corrected chi connectivity index (χ4v) is 3.76. The van der Waals surface area contributed by atoms with Gasteiger partial charge in [0, 0.05) is 24.1 Å². The summed E-state index contributed by atoms with van der Waals surface area (Å²) in [4.78, 5) is 0. The van der Waals surface area contributed by atoms with Crippen molar-refractivity contribution in [3.05, 3.63) is 29.3 Å². The molecule has 5 atom stereocenters. The van der Waals surface area contributed by atoms with Crippen LogP contribution < -0.4 is 10.6 Å². The van der Waals surface area contributed by atoms with Gasteiger partial charge < -0.3 is 10.6 Å². The third kappa shape index (κ3) is 4.51. The lowest BCUT2D eigenvalue weighted by atomic mass is 9.82. The van der Waals surface area contributed by atoms with Crippen LogP contribution in [0.2, 0.25) is 0 Å². The van der Waals surface area contributed by atoms with Gasteiger partial charge in [0.05, 0.1) is 0 Å². The topological polar surface area (TPSA) is 24.1 Å². The normalized spacial score (nSPS) is 29.1. The van der Waals surface area contributed by atoms with Crippen molar-refractivity contribution in [3.63, 3.8) is 0 Å². The number of rotatable bonds is 4. The standard InChI is InChI=1S/C20H29F3N2S/c1-10(2)13-7-6-8-14(11(3)4)19(13)25-20(26)24-16-9-15(21)18(23)17(22)12(16)5/h6-8,10-12,15-18H,9H2,1-5H3,(H2,24,25,26). The number of para-hydroxylation sites is 1. The predicted octanol–water partition coefficient (Wildman–Crippen LogP) is 5.64. The zero-order valence-electron chi connectivity index (χ0n) is 16.0. The second kappa shape index (κ2) is 8.59. The van der Waals surface area contributed by atoms with E-state index >= 15 is 0 Å². The Labute approximate surface area is 159 Å². The Morgan fingerprint density at radius 3 is 2.08 bits per heavy atom. The Morgan fingerprint density at radius 1 is 1.04 bits per heavy atom. The monoisotopic (exact) mass is 386 g/mol. The lowest BCUT2D eigenvalue weighted by Crippen LogP contribution is -2.53. The molecule has 0 heterocycles. The lowest BCUT2D eigenvalue weighted by Gasteiger charge is -2.37. The van der Waals surface area contributed by atoms with E-state index in [2.05, 4.69) is 38.3 Å². The molecule has 5 unspecified atom stereocenters. The summed E-state index contributed by atoms with van der Waals surface area (Å²) in [5.74, 6) is -0.0580. The van der Waals surface area contributed by atoms with Crippen molar-refractivity contribution in [2.24, 2.45) is 5.92 Å². The Kier molecular flexibility index (Phi) is 6.94. The smallest absolute Gasteiger partial charge is 0.171 e. The van der Waals surface area contributed by atoms with Crippen LogP contribution >= 0.6 is 12.2 Å². The number of hydrogen-bond acceptors (Lipinski definition) is 1. The van der Waals surface area contributed by atoms with Crippen LogP contribution in [0.4, 0.5) is 18.9 Å². The van der Waals surface area contributed by atoms with Crippen LogP contribution in [-0.4, -0.2) is 29.7 Å². The maximum absolute atomic E-state index is 14.0. The van der Waals surface area contributed by atoms with Crippen LogP contribution in [0.5, 0.6) is 0 Å². The fourth-order valence-electron chi connectivity index (χ4n) is 3.50. The average molecular weight is 387 g/mol. The highest BCUT2D eigenvalue weighted by Crippen LogP contribution is 2.34. The van der Waals surface area contributed by atoms with Gasteiger partial charge in [0.15, 0.2) is 11.3 Å². The molecule has 1 aliphatic rings. The molecule has 0 aromatic heterocycles. The Bertz CT molecular complexity index is 609. The molecule has 0 radical (unpaired) electrons. The van der Waals surface area contributed by atoms with Crippen LogP contribution in [0.25, 0.3) is 0 Å². The lowest BCUT2D eigenvalue weighted by molar-refractivity contribution is -0.00258. The van der Waals surface area contributed by atoms with Crippen molar-refractivity contribution in [2.75, 3.05) is 5.32 Å². The first-order chi connectivity index (χ1) is 12.1. The van der Waals surface area contributed by atoms with Gasteiger partial charge in [-0.2, -0.15) is 0 Å². The minimum absolute atomic E-state index is 0.0898. The minimum atomic E-state index is -2.06. The van der Waals surface area contributed by atoms with Crippen LogP contribution in [0.1, 0.15) is 64.0 Å². The summed E-state index contributed by atoms with van der Waals surface area (Å²) >= 11 is 5.41. The van der Waals surface area contributed by atoms with Gasteiger partial charge in [0.25, 0.3) is 0 Å². The number of hydrogen-bond donors (Lipinski definition) is 2. The largest absolute Gasteiger partial charge is 0.359 e. The molecular formula is C20H29F3N2S. The zero-order valence-corrected chi connectivity index (χ0v) is 16.8. The number of anilines is 1. The molecule has 1 fully saturated rings. The van der Waals surface area contributed by atoms with E-state index in [0.29, 0.717) is 16.9 Å². The maximum Gasteiger partial charge on any atom is 0.171 e. The molecule has 1 saturated carbocycles. The summed E-state index contributed by atoms with van der Waals surface area (Å²) in [5, 5.41) is 6.55. The molecule has 0 bridgehead atoms. The predicted molar refractivity (Wildman–Crippen MR) is 106 cm³/mol. The summed E-state index contributed by atoms with van der Waals surface area (Å²) in [5.41, 5.74) is 3.20. The van der Waals surface area contributed by atoms with Gasteiger partial charge in [-0.3, -0.25) is 0 Å². The molecule has 1 aliphatic carbocycles. The molecule has 0 amide bonds. The number of nitrogens with one attached hydrogen (secondary N) is 2. The SMILES string of the molecule is CC(C)c1cccc(C(C)C)c1NC(=S)NC1CC(F)C(F)C(F)C1C. The summed E-state index contributed by atoms with van der Waals surface area (Å²) in [6.07, 6.45) is -5.78. The third-order valence-electron chi connectivity index (χ3n) is 5.19. The van der Waals surface area contributed by atoms with Gasteiger partial charge >= 0.3 is 0 Å². The second-order valence-electron chi connectivity index (χ2n) is 7.83. The van der Waals surface area contributed by atoms with E-state index in [1.165, 1.54) is 0 Å². The van der Waals surface area contributed by atoms with Crippen molar-refractivity contribution >= 4 is 23.0 Å². The van der Waals surface area contributed by atoms with Crippen molar-refractivity contribution in [2.45, 2.75) is 77.4 Å². The highest BCUT2D eigenvalue weighted by molar-refractivity contribution is 7.80. The quantitative estimate of drug-likeness (QED) is 0.655. The Hall–Kier alpha value is -1.30. The number of benzene rings is 1. The molecule has 2 rings (SSSR count). The fraction of sp³-hybridized carbons (Fsp3) is 0.650. The van der Waals surface area contributed by atoms with Gasteiger partial charge in [-0.1, -0.05) is 52.8 Å². The first-order valence-corrected chi connectivity index (χ1v) is 9.66.